The molecule has 1 heterocycles. The number of rotatable bonds is 6. The fourth-order valence-corrected chi connectivity index (χ4v) is 2.80. The molecule has 2 N–H and O–H groups in total. The van der Waals surface area contributed by atoms with Gasteiger partial charge in [0.2, 0.25) is 5.91 Å². The molecule has 24 heavy (non-hydrogen) atoms. The number of hydrogen-bond donors (Lipinski definition) is 2. The molecule has 0 aromatic heterocycles. The van der Waals surface area contributed by atoms with Crippen LogP contribution in [0.3, 0.4) is 0 Å². The zero-order valence-electron chi connectivity index (χ0n) is 13.8. The molecule has 1 aliphatic rings. The fraction of sp³-hybridized carbons (Fsp3) is 0.316. The zero-order chi connectivity index (χ0) is 16.1. The third kappa shape index (κ3) is 4.73. The summed E-state index contributed by atoms with van der Waals surface area (Å²) in [6.07, 6.45) is 1.24. The summed E-state index contributed by atoms with van der Waals surface area (Å²) in [6, 6.07) is 14.3. The van der Waals surface area contributed by atoms with Gasteiger partial charge in [0.15, 0.2) is 0 Å². The number of fused-ring (bicyclic) bond motifs is 1. The SMILES string of the molecule is COc1ccc(CCC(=O)NCc2ccc3c(c2)CNC3)cc1.Cl. The molecule has 2 aromatic rings. The van der Waals surface area contributed by atoms with Crippen LogP contribution in [0, 0.1) is 0 Å². The van der Waals surface area contributed by atoms with E-state index in [9.17, 15) is 4.79 Å². The van der Waals surface area contributed by atoms with Gasteiger partial charge in [0, 0.05) is 26.1 Å². The smallest absolute Gasteiger partial charge is 0.220 e. The van der Waals surface area contributed by atoms with Crippen molar-refractivity contribution in [2.45, 2.75) is 32.5 Å². The number of carbonyl (C=O) groups excluding carboxylic acids is 1. The second-order valence-electron chi connectivity index (χ2n) is 5.83. The molecular weight excluding hydrogens is 324 g/mol. The van der Waals surface area contributed by atoms with E-state index in [4.69, 9.17) is 4.74 Å². The minimum absolute atomic E-state index is 0. The number of halogens is 1. The predicted octanol–water partition coefficient (Wildman–Crippen LogP) is 2.97. The highest BCUT2D eigenvalue weighted by atomic mass is 35.5. The molecule has 3 rings (SSSR count). The number of aryl methyl sites for hydroxylation is 1. The summed E-state index contributed by atoms with van der Waals surface area (Å²) in [4.78, 5) is 12.0. The normalized spacial score (nSPS) is 12.2. The Hall–Kier alpha value is -2.04. The first-order valence-corrected chi connectivity index (χ1v) is 7.95. The van der Waals surface area contributed by atoms with E-state index in [2.05, 4.69) is 28.8 Å². The summed E-state index contributed by atoms with van der Waals surface area (Å²) in [7, 11) is 1.65. The molecule has 128 valence electrons. The van der Waals surface area contributed by atoms with Gasteiger partial charge in [-0.25, -0.2) is 0 Å². The Morgan fingerprint density at radius 1 is 1.08 bits per heavy atom. The van der Waals surface area contributed by atoms with Crippen molar-refractivity contribution in [2.24, 2.45) is 0 Å². The molecule has 1 amide bonds. The predicted molar refractivity (Wildman–Crippen MR) is 97.4 cm³/mol. The summed E-state index contributed by atoms with van der Waals surface area (Å²) in [6.45, 7) is 2.47. The van der Waals surface area contributed by atoms with Crippen molar-refractivity contribution >= 4 is 18.3 Å². The third-order valence-corrected chi connectivity index (χ3v) is 4.19. The van der Waals surface area contributed by atoms with Crippen molar-refractivity contribution in [3.8, 4) is 5.75 Å². The van der Waals surface area contributed by atoms with Crippen LogP contribution in [0.4, 0.5) is 0 Å². The van der Waals surface area contributed by atoms with E-state index in [1.165, 1.54) is 11.1 Å². The van der Waals surface area contributed by atoms with Crippen LogP contribution in [0.25, 0.3) is 0 Å². The van der Waals surface area contributed by atoms with Gasteiger partial charge in [0.25, 0.3) is 0 Å². The molecule has 0 saturated heterocycles. The van der Waals surface area contributed by atoms with Crippen molar-refractivity contribution in [1.82, 2.24) is 10.6 Å². The van der Waals surface area contributed by atoms with Crippen LogP contribution < -0.4 is 15.4 Å². The molecule has 0 bridgehead atoms. The van der Waals surface area contributed by atoms with E-state index in [0.717, 1.165) is 36.4 Å². The Morgan fingerprint density at radius 2 is 1.79 bits per heavy atom. The number of methoxy groups -OCH3 is 1. The summed E-state index contributed by atoms with van der Waals surface area (Å²) in [5.41, 5.74) is 5.00. The van der Waals surface area contributed by atoms with E-state index in [-0.39, 0.29) is 18.3 Å². The van der Waals surface area contributed by atoms with E-state index < -0.39 is 0 Å². The molecule has 4 nitrogen and oxygen atoms in total. The molecule has 0 spiro atoms. The van der Waals surface area contributed by atoms with Crippen molar-refractivity contribution in [3.63, 3.8) is 0 Å². The summed E-state index contributed by atoms with van der Waals surface area (Å²) in [5, 5.41) is 6.33. The van der Waals surface area contributed by atoms with Crippen LogP contribution >= 0.6 is 12.4 Å². The molecule has 0 radical (unpaired) electrons. The topological polar surface area (TPSA) is 50.4 Å². The zero-order valence-corrected chi connectivity index (χ0v) is 14.6. The number of carbonyl (C=O) groups is 1. The van der Waals surface area contributed by atoms with Crippen LogP contribution in [0.15, 0.2) is 42.5 Å². The van der Waals surface area contributed by atoms with Crippen LogP contribution in [-0.2, 0) is 30.8 Å². The Labute approximate surface area is 149 Å². The standard InChI is InChI=1S/C19H22N2O2.ClH/c1-23-18-7-3-14(4-8-18)5-9-19(22)21-11-15-2-6-16-12-20-13-17(16)10-15;/h2-4,6-8,10,20H,5,9,11-13H2,1H3,(H,21,22);1H. The van der Waals surface area contributed by atoms with Crippen LogP contribution in [0.1, 0.15) is 28.7 Å². The number of ether oxygens (including phenoxy) is 1. The van der Waals surface area contributed by atoms with E-state index in [1.807, 2.05) is 24.3 Å². The van der Waals surface area contributed by atoms with Crippen LogP contribution in [0.2, 0.25) is 0 Å². The lowest BCUT2D eigenvalue weighted by Gasteiger charge is -2.07. The van der Waals surface area contributed by atoms with Crippen LogP contribution in [0.5, 0.6) is 5.75 Å². The molecule has 2 aromatic carbocycles. The number of amides is 1. The van der Waals surface area contributed by atoms with Gasteiger partial charge in [0.1, 0.15) is 5.75 Å². The number of hydrogen-bond acceptors (Lipinski definition) is 3. The van der Waals surface area contributed by atoms with Crippen LogP contribution in [-0.4, -0.2) is 13.0 Å². The van der Waals surface area contributed by atoms with E-state index in [1.54, 1.807) is 7.11 Å². The largest absolute Gasteiger partial charge is 0.497 e. The van der Waals surface area contributed by atoms with Gasteiger partial charge in [0.05, 0.1) is 7.11 Å². The van der Waals surface area contributed by atoms with Gasteiger partial charge < -0.3 is 15.4 Å². The molecule has 0 fully saturated rings. The Balaban J connectivity index is 0.00000208. The van der Waals surface area contributed by atoms with Gasteiger partial charge in [-0.05, 0) is 40.8 Å². The summed E-state index contributed by atoms with van der Waals surface area (Å²) >= 11 is 0. The summed E-state index contributed by atoms with van der Waals surface area (Å²) < 4.78 is 5.13. The van der Waals surface area contributed by atoms with Crippen molar-refractivity contribution < 1.29 is 9.53 Å². The average molecular weight is 347 g/mol. The van der Waals surface area contributed by atoms with Gasteiger partial charge in [-0.2, -0.15) is 0 Å². The first kappa shape index (κ1) is 18.3. The van der Waals surface area contributed by atoms with Gasteiger partial charge >= 0.3 is 0 Å². The Bertz CT molecular complexity index is 686. The molecule has 5 heteroatoms. The second-order valence-corrected chi connectivity index (χ2v) is 5.83. The Kier molecular flexibility index (Phi) is 6.64. The molecule has 0 unspecified atom stereocenters. The summed E-state index contributed by atoms with van der Waals surface area (Å²) in [5.74, 6) is 0.920. The molecular formula is C19H23ClN2O2. The van der Waals surface area contributed by atoms with Gasteiger partial charge in [-0.3, -0.25) is 4.79 Å². The first-order chi connectivity index (χ1) is 11.2. The lowest BCUT2D eigenvalue weighted by atomic mass is 10.1. The highest BCUT2D eigenvalue weighted by molar-refractivity contribution is 5.85. The third-order valence-electron chi connectivity index (χ3n) is 4.19. The van der Waals surface area contributed by atoms with Crippen molar-refractivity contribution in [2.75, 3.05) is 7.11 Å². The molecule has 0 atom stereocenters. The van der Waals surface area contributed by atoms with E-state index >= 15 is 0 Å². The minimum Gasteiger partial charge on any atom is -0.497 e. The number of benzene rings is 2. The highest BCUT2D eigenvalue weighted by Gasteiger charge is 2.10. The minimum atomic E-state index is 0. The first-order valence-electron chi connectivity index (χ1n) is 7.95. The van der Waals surface area contributed by atoms with Crippen molar-refractivity contribution in [1.29, 1.82) is 0 Å². The fourth-order valence-electron chi connectivity index (χ4n) is 2.80. The molecule has 0 saturated carbocycles. The average Bonchev–Trinajstić information content (AvgIpc) is 3.06. The highest BCUT2D eigenvalue weighted by Crippen LogP contribution is 2.17. The maximum Gasteiger partial charge on any atom is 0.220 e. The van der Waals surface area contributed by atoms with E-state index in [0.29, 0.717) is 13.0 Å². The Morgan fingerprint density at radius 3 is 2.54 bits per heavy atom. The van der Waals surface area contributed by atoms with Gasteiger partial charge in [-0.15, -0.1) is 12.4 Å². The van der Waals surface area contributed by atoms with Crippen molar-refractivity contribution in [3.05, 3.63) is 64.7 Å². The monoisotopic (exact) mass is 346 g/mol. The lowest BCUT2D eigenvalue weighted by Crippen LogP contribution is -2.23. The quantitative estimate of drug-likeness (QED) is 0.845. The van der Waals surface area contributed by atoms with Gasteiger partial charge in [-0.1, -0.05) is 30.3 Å². The molecule has 0 aliphatic carbocycles. The second kappa shape index (κ2) is 8.71. The molecule has 1 aliphatic heterocycles. The maximum atomic E-state index is 12.0. The lowest BCUT2D eigenvalue weighted by molar-refractivity contribution is -0.121. The number of nitrogens with one attached hydrogen (secondary N) is 2. The maximum absolute atomic E-state index is 12.0.